The summed E-state index contributed by atoms with van der Waals surface area (Å²) in [5.41, 5.74) is 0. The van der Waals surface area contributed by atoms with Gasteiger partial charge in [-0.05, 0) is 0 Å². The van der Waals surface area contributed by atoms with Crippen LogP contribution < -0.4 is 0 Å². The molecule has 35 valence electrons. The van der Waals surface area contributed by atoms with E-state index in [2.05, 4.69) is 0 Å². The molecule has 0 bridgehead atoms. The molecule has 0 aromatic rings. The topological polar surface area (TPSA) is 60.7 Å². The van der Waals surface area contributed by atoms with E-state index in [4.69, 9.17) is 15.1 Å². The molecule has 0 amide bonds. The van der Waals surface area contributed by atoms with E-state index in [9.17, 15) is 0 Å². The third-order valence-corrected chi connectivity index (χ3v) is 0. The zero-order chi connectivity index (χ0) is 3.58. The van der Waals surface area contributed by atoms with Crippen molar-refractivity contribution in [2.75, 3.05) is 0 Å². The monoisotopic (exact) mass is 261 g/mol. The Bertz CT molecular complexity index is 19.7. The van der Waals surface area contributed by atoms with Crippen molar-refractivity contribution in [3.63, 3.8) is 0 Å². The van der Waals surface area contributed by atoms with E-state index in [-0.39, 0.29) is 86.3 Å². The van der Waals surface area contributed by atoms with Gasteiger partial charge in [-0.3, -0.25) is 0 Å². The fourth-order valence-corrected chi connectivity index (χ4v) is 0. The van der Waals surface area contributed by atoms with E-state index in [1.54, 1.807) is 0 Å². The van der Waals surface area contributed by atoms with Crippen LogP contribution in [0.15, 0.2) is 0 Å². The molecule has 0 saturated heterocycles. The first-order valence-electron chi connectivity index (χ1n) is 0.775. The van der Waals surface area contributed by atoms with Crippen LogP contribution in [0.2, 0.25) is 0 Å². The summed E-state index contributed by atoms with van der Waals surface area (Å²) in [4.78, 5) is 0. The Kier molecular flexibility index (Phi) is 51.3. The van der Waals surface area contributed by atoms with Crippen LogP contribution in [0, 0.1) is 0 Å². The van der Waals surface area contributed by atoms with E-state index in [1.807, 2.05) is 0 Å². The second-order valence-corrected chi connectivity index (χ2v) is 0.346. The van der Waals surface area contributed by atoms with Gasteiger partial charge in [0, 0.05) is 18.6 Å². The van der Waals surface area contributed by atoms with Crippen LogP contribution in [0.4, 0.5) is 0 Å². The summed E-state index contributed by atoms with van der Waals surface area (Å²) in [6, 6.07) is 0. The second kappa shape index (κ2) is 15.9. The van der Waals surface area contributed by atoms with E-state index < -0.39 is 7.32 Å². The van der Waals surface area contributed by atoms with Crippen molar-refractivity contribution in [2.45, 2.75) is 0 Å². The van der Waals surface area contributed by atoms with Gasteiger partial charge in [0.15, 0.2) is 0 Å². The maximum atomic E-state index is 7.17. The molecule has 0 aliphatic carbocycles. The van der Waals surface area contributed by atoms with Crippen LogP contribution in [-0.4, -0.2) is 90.1 Å². The van der Waals surface area contributed by atoms with Crippen molar-refractivity contribution in [2.24, 2.45) is 0 Å². The summed E-state index contributed by atoms with van der Waals surface area (Å²) in [5.74, 6) is 0. The van der Waals surface area contributed by atoms with Gasteiger partial charge in [-0.15, -0.1) is 0 Å². The Labute approximate surface area is 107 Å². The number of rotatable bonds is 0. The van der Waals surface area contributed by atoms with Crippen LogP contribution in [0.1, 0.15) is 0 Å². The van der Waals surface area contributed by atoms with Crippen LogP contribution in [-0.2, 0) is 18.6 Å². The zero-order valence-electron chi connectivity index (χ0n) is 2.37. The second-order valence-electron chi connectivity index (χ2n) is 0.346. The minimum atomic E-state index is -2.17. The quantitative estimate of drug-likeness (QED) is 0.394. The Morgan fingerprint density at radius 1 is 1.00 bits per heavy atom. The molecule has 0 aliphatic heterocycles. The molecule has 7 heteroatoms. The normalized spacial score (nSPS) is 3.86. The van der Waals surface area contributed by atoms with Crippen LogP contribution in [0.5, 0.6) is 0 Å². The van der Waals surface area contributed by atoms with E-state index in [0.717, 1.165) is 0 Å². The van der Waals surface area contributed by atoms with Crippen LogP contribution in [0.25, 0.3) is 0 Å². The summed E-state index contributed by atoms with van der Waals surface area (Å²) in [7, 11) is -2.17. The van der Waals surface area contributed by atoms with Crippen molar-refractivity contribution in [1.82, 2.24) is 0 Å². The molecule has 7 heavy (non-hydrogen) atoms. The number of hydrogen-bond acceptors (Lipinski definition) is 3. The predicted octanol–water partition coefficient (Wildman–Crippen LogP) is -3.62. The molecular weight excluding hydrogens is 254 g/mol. The largest absolute Gasteiger partial charge is 0 e. The molecule has 0 aliphatic rings. The molecule has 3 N–H and O–H groups in total. The van der Waals surface area contributed by atoms with E-state index in [1.165, 1.54) is 0 Å². The van der Waals surface area contributed by atoms with Gasteiger partial charge in [0.25, 0.3) is 0 Å². The smallest absolute Gasteiger partial charge is 0 e. The molecule has 0 aromatic heterocycles. The summed E-state index contributed by atoms with van der Waals surface area (Å²) in [5, 5.41) is 21.5. The third kappa shape index (κ3) is 53.6. The average molecular weight is 260 g/mol. The summed E-state index contributed by atoms with van der Waals surface area (Å²) >= 11 is 0. The van der Waals surface area contributed by atoms with Crippen LogP contribution >= 0.6 is 0 Å². The summed E-state index contributed by atoms with van der Waals surface area (Å²) in [6.45, 7) is 0. The maximum Gasteiger partial charge on any atom is 0 e. The number of hydrogen-bond donors (Lipinski definition) is 3. The first-order chi connectivity index (χ1) is 1.73. The van der Waals surface area contributed by atoms with Crippen LogP contribution in [0.3, 0.4) is 0 Å². The van der Waals surface area contributed by atoms with Crippen molar-refractivity contribution in [3.05, 3.63) is 0 Å². The Hall–Kier alpha value is 2.70. The third-order valence-electron chi connectivity index (χ3n) is 0. The van der Waals surface area contributed by atoms with Gasteiger partial charge in [0.1, 0.15) is 0 Å². The van der Waals surface area contributed by atoms with Crippen molar-refractivity contribution >= 4 is 75.1 Å². The minimum absolute atomic E-state index is 0. The average Bonchev–Trinajstić information content (AvgIpc) is 0.811. The first kappa shape index (κ1) is 22.6. The summed E-state index contributed by atoms with van der Waals surface area (Å²) in [6.07, 6.45) is 0. The fraction of sp³-hybridized carbons (Fsp3) is 0. The zero-order valence-corrected chi connectivity index (χ0v) is 3.76. The Morgan fingerprint density at radius 2 is 1.00 bits per heavy atom. The standard InChI is InChI=1S/BH3O3.Ba.Li.V.3H/c2-1(3)4;;;;;;/h2-4H;;;;;;. The molecule has 0 fully saturated rings. The van der Waals surface area contributed by atoms with E-state index >= 15 is 0 Å². The molecule has 1 radical (unpaired) electrons. The Balaban J connectivity index is -0.0000000150. The van der Waals surface area contributed by atoms with Gasteiger partial charge in [-0.25, -0.2) is 0 Å². The SMILES string of the molecule is OB(O)O.[BaH2].[LiH].[V]. The van der Waals surface area contributed by atoms with Crippen molar-refractivity contribution < 1.29 is 33.6 Å². The Morgan fingerprint density at radius 3 is 1.00 bits per heavy atom. The summed E-state index contributed by atoms with van der Waals surface area (Å²) < 4.78 is 0. The molecule has 0 aromatic carbocycles. The first-order valence-corrected chi connectivity index (χ1v) is 0.775. The van der Waals surface area contributed by atoms with Gasteiger partial charge in [0.2, 0.25) is 0 Å². The minimum Gasteiger partial charge on any atom is 0 e. The fourth-order valence-electron chi connectivity index (χ4n) is 0. The van der Waals surface area contributed by atoms with Gasteiger partial charge in [0.05, 0.1) is 0 Å². The molecular formula is H6BBaLiO3V. The van der Waals surface area contributed by atoms with Gasteiger partial charge in [-0.1, -0.05) is 0 Å². The van der Waals surface area contributed by atoms with Crippen molar-refractivity contribution in [3.8, 4) is 0 Å². The maximum absolute atomic E-state index is 7.17. The van der Waals surface area contributed by atoms with Crippen molar-refractivity contribution in [1.29, 1.82) is 0 Å². The van der Waals surface area contributed by atoms with Gasteiger partial charge < -0.3 is 15.1 Å². The van der Waals surface area contributed by atoms with E-state index in [0.29, 0.717) is 0 Å². The molecule has 0 atom stereocenters. The molecule has 3 nitrogen and oxygen atoms in total. The molecule has 0 spiro atoms. The molecule has 0 heterocycles. The predicted molar refractivity (Wildman–Crippen MR) is 28.1 cm³/mol. The molecule has 0 unspecified atom stereocenters. The molecule has 0 rings (SSSR count). The van der Waals surface area contributed by atoms with Gasteiger partial charge >= 0.3 is 75.1 Å². The molecule has 0 saturated carbocycles. The van der Waals surface area contributed by atoms with Gasteiger partial charge in [-0.2, -0.15) is 0 Å².